The average Bonchev–Trinajstić information content (AvgIpc) is 2.99. The van der Waals surface area contributed by atoms with E-state index in [2.05, 4.69) is 68.7 Å². The van der Waals surface area contributed by atoms with Crippen LogP contribution in [-0.2, 0) is 25.3 Å². The van der Waals surface area contributed by atoms with Crippen LogP contribution in [0.2, 0.25) is 32.2 Å². The third-order valence-electron chi connectivity index (χ3n) is 2.65. The summed E-state index contributed by atoms with van der Waals surface area (Å²) in [5.74, 6) is 0. The summed E-state index contributed by atoms with van der Waals surface area (Å²) >= 11 is -0.826. The molecule has 152 valence electrons. The van der Waals surface area contributed by atoms with E-state index >= 15 is 0 Å². The van der Waals surface area contributed by atoms with Gasteiger partial charge in [0.25, 0.3) is 0 Å². The molecule has 0 saturated heterocycles. The van der Waals surface area contributed by atoms with Crippen LogP contribution in [0.4, 0.5) is 0 Å². The zero-order valence-electron chi connectivity index (χ0n) is 17.8. The van der Waals surface area contributed by atoms with Crippen LogP contribution in [0.5, 0.6) is 0 Å². The molecule has 0 heterocycles. The Morgan fingerprint density at radius 1 is 1.15 bits per heavy atom. The fourth-order valence-electron chi connectivity index (χ4n) is 1.70. The van der Waals surface area contributed by atoms with Gasteiger partial charge in [-0.2, -0.15) is 17.5 Å². The Morgan fingerprint density at radius 2 is 1.67 bits per heavy atom. The standard InChI is InChI=1S/C9H7.C7H18OSi2.C4H10N.2ClH.Zr/c1-2-5-9-7-3-6-8(9)4-1;1-9-7-5-6-8-10(2,3)4;1-4(2,3)5;;;/h1-7H;5-7H2,1-4H3;5H,1-3H3;2*1H;/q-1;;-1;;;+4/p-2. The van der Waals surface area contributed by atoms with Crippen LogP contribution >= 0.6 is 17.0 Å². The molecule has 27 heavy (non-hydrogen) atoms. The maximum atomic E-state index is 6.94. The molecule has 0 amide bonds. The second-order valence-corrected chi connectivity index (χ2v) is 17.3. The second-order valence-electron chi connectivity index (χ2n) is 7.89. The van der Waals surface area contributed by atoms with Gasteiger partial charge in [-0.25, -0.2) is 0 Å². The molecule has 0 aliphatic heterocycles. The Labute approximate surface area is 189 Å². The van der Waals surface area contributed by atoms with E-state index in [9.17, 15) is 0 Å². The van der Waals surface area contributed by atoms with Gasteiger partial charge in [0.2, 0.25) is 0 Å². The van der Waals surface area contributed by atoms with Crippen LogP contribution in [-0.4, -0.2) is 30.0 Å². The van der Waals surface area contributed by atoms with E-state index in [1.807, 2.05) is 20.8 Å². The summed E-state index contributed by atoms with van der Waals surface area (Å²) in [7, 11) is 9.75. The van der Waals surface area contributed by atoms with Crippen molar-refractivity contribution in [3.05, 3.63) is 48.2 Å². The summed E-state index contributed by atoms with van der Waals surface area (Å²) in [4.78, 5) is 0. The fraction of sp³-hybridized carbons (Fsp3) is 0.550. The molecular weight excluding hydrogens is 489 g/mol. The quantitative estimate of drug-likeness (QED) is 0.221. The van der Waals surface area contributed by atoms with E-state index in [-0.39, 0.29) is 5.54 Å². The van der Waals surface area contributed by atoms with Gasteiger partial charge in [0, 0.05) is 16.1 Å². The molecule has 0 atom stereocenters. The Balaban J connectivity index is 0. The molecule has 0 spiro atoms. The maximum absolute atomic E-state index is 6.94. The zero-order chi connectivity index (χ0) is 21.3. The summed E-state index contributed by atoms with van der Waals surface area (Å²) in [5.41, 5.74) is 6.69. The smallest absolute Gasteiger partial charge is 0.0809 e. The van der Waals surface area contributed by atoms with Crippen molar-refractivity contribution in [1.29, 1.82) is 0 Å². The molecule has 0 aliphatic carbocycles. The van der Waals surface area contributed by atoms with Crippen LogP contribution in [0.1, 0.15) is 27.2 Å². The molecule has 2 nitrogen and oxygen atoms in total. The van der Waals surface area contributed by atoms with E-state index in [1.54, 1.807) is 0 Å². The third kappa shape index (κ3) is 26.6. The van der Waals surface area contributed by atoms with E-state index in [0.717, 1.165) is 16.1 Å². The topological polar surface area (TPSA) is 33.0 Å². The van der Waals surface area contributed by atoms with E-state index in [1.165, 1.54) is 23.2 Å². The van der Waals surface area contributed by atoms with Crippen LogP contribution in [0.25, 0.3) is 16.5 Å². The van der Waals surface area contributed by atoms with Gasteiger partial charge in [0.15, 0.2) is 8.32 Å². The Morgan fingerprint density at radius 3 is 2.11 bits per heavy atom. The maximum Gasteiger partial charge on any atom is -0.0809 e. The Kier molecular flexibility index (Phi) is 19.3. The van der Waals surface area contributed by atoms with Gasteiger partial charge < -0.3 is 10.2 Å². The van der Waals surface area contributed by atoms with Gasteiger partial charge in [-0.1, -0.05) is 39.4 Å². The number of rotatable bonds is 5. The van der Waals surface area contributed by atoms with Crippen molar-refractivity contribution >= 4 is 45.6 Å². The van der Waals surface area contributed by atoms with Gasteiger partial charge in [-0.15, -0.1) is 35.2 Å². The van der Waals surface area contributed by atoms with Crippen molar-refractivity contribution in [1.82, 2.24) is 0 Å². The number of fused-ring (bicyclic) bond motifs is 1. The number of hydrogen-bond acceptors (Lipinski definition) is 1. The molecule has 2 rings (SSSR count). The van der Waals surface area contributed by atoms with Crippen LogP contribution in [0.15, 0.2) is 42.5 Å². The molecule has 2 radical (unpaired) electrons. The first-order valence-electron chi connectivity index (χ1n) is 9.05. The minimum Gasteiger partial charge on any atom is -0.168 e. The van der Waals surface area contributed by atoms with Gasteiger partial charge in [0.1, 0.15) is 0 Å². The summed E-state index contributed by atoms with van der Waals surface area (Å²) in [6, 6.07) is 16.0. The molecule has 1 N–H and O–H groups in total. The molecule has 2 aromatic rings. The van der Waals surface area contributed by atoms with Crippen molar-refractivity contribution in [3.63, 3.8) is 0 Å². The monoisotopic (exact) mass is 521 g/mol. The molecule has 2 aromatic carbocycles. The average molecular weight is 524 g/mol. The predicted molar refractivity (Wildman–Crippen MR) is 126 cm³/mol. The SMILES string of the molecule is CC(C)(C)[NH-].C[Si]CCCO[Si](C)(C)C.[Cl][Zr+2][Cl].c1ccc2[cH-]ccc2c1. The van der Waals surface area contributed by atoms with Crippen LogP contribution < -0.4 is 0 Å². The molecular formula is C20H35Cl2NOSi2Zr. The molecule has 0 unspecified atom stereocenters. The van der Waals surface area contributed by atoms with Crippen LogP contribution in [0.3, 0.4) is 0 Å². The fourth-order valence-corrected chi connectivity index (χ4v) is 2.95. The Hall–Kier alpha value is 0.647. The van der Waals surface area contributed by atoms with Crippen LogP contribution in [0, 0.1) is 0 Å². The Bertz CT molecular complexity index is 533. The summed E-state index contributed by atoms with van der Waals surface area (Å²) in [6.45, 7) is 15.5. The summed E-state index contributed by atoms with van der Waals surface area (Å²) in [6.07, 6.45) is 1.25. The first-order chi connectivity index (χ1) is 12.4. The molecule has 0 aliphatic rings. The van der Waals surface area contributed by atoms with Gasteiger partial charge in [-0.3, -0.25) is 0 Å². The third-order valence-corrected chi connectivity index (χ3v) is 4.58. The number of hydrogen-bond donors (Lipinski definition) is 0. The minimum atomic E-state index is -1.20. The normalized spacial score (nSPS) is 10.4. The van der Waals surface area contributed by atoms with Gasteiger partial charge >= 0.3 is 37.9 Å². The number of benzene rings is 1. The largest absolute Gasteiger partial charge is 0.168 e. The summed E-state index contributed by atoms with van der Waals surface area (Å²) < 4.78 is 5.67. The van der Waals surface area contributed by atoms with Gasteiger partial charge in [0.05, 0.1) is 0 Å². The van der Waals surface area contributed by atoms with E-state index in [4.69, 9.17) is 27.2 Å². The van der Waals surface area contributed by atoms with Crippen molar-refractivity contribution < 1.29 is 25.3 Å². The number of nitrogens with one attached hydrogen (secondary N) is 1. The van der Waals surface area contributed by atoms with Crippen molar-refractivity contribution in [2.45, 2.75) is 65.0 Å². The van der Waals surface area contributed by atoms with Crippen molar-refractivity contribution in [3.8, 4) is 0 Å². The van der Waals surface area contributed by atoms with Crippen molar-refractivity contribution in [2.75, 3.05) is 6.61 Å². The second kappa shape index (κ2) is 17.5. The van der Waals surface area contributed by atoms with E-state index < -0.39 is 29.2 Å². The molecule has 0 saturated carbocycles. The minimum absolute atomic E-state index is 0.250. The molecule has 0 fully saturated rings. The number of halogens is 2. The first kappa shape index (κ1) is 29.8. The van der Waals surface area contributed by atoms with E-state index in [0.29, 0.717) is 0 Å². The molecule has 0 bridgehead atoms. The molecule has 7 heteroatoms. The van der Waals surface area contributed by atoms with Gasteiger partial charge in [-0.05, 0) is 26.1 Å². The first-order valence-corrected chi connectivity index (χ1v) is 20.5. The molecule has 0 aromatic heterocycles. The van der Waals surface area contributed by atoms with Crippen molar-refractivity contribution in [2.24, 2.45) is 0 Å². The zero-order valence-corrected chi connectivity index (χ0v) is 23.8. The summed E-state index contributed by atoms with van der Waals surface area (Å²) in [5, 5.41) is 2.66. The predicted octanol–water partition coefficient (Wildman–Crippen LogP) is 8.17.